The zero-order valence-electron chi connectivity index (χ0n) is 8.28. The van der Waals surface area contributed by atoms with Crippen LogP contribution in [0.4, 0.5) is 11.5 Å². The summed E-state index contributed by atoms with van der Waals surface area (Å²) in [5, 5.41) is 6.73. The zero-order valence-corrected chi connectivity index (χ0v) is 8.28. The zero-order chi connectivity index (χ0) is 10.8. The Morgan fingerprint density at radius 2 is 2.13 bits per heavy atom. The Labute approximate surface area is 87.6 Å². The second kappa shape index (κ2) is 3.46. The van der Waals surface area contributed by atoms with Crippen molar-refractivity contribution in [2.45, 2.75) is 6.92 Å². The molecule has 0 saturated heterocycles. The number of nitrogens with two attached hydrogens (primary N) is 1. The van der Waals surface area contributed by atoms with Crippen LogP contribution >= 0.6 is 0 Å². The van der Waals surface area contributed by atoms with Gasteiger partial charge in [0.25, 0.3) is 0 Å². The number of para-hydroxylation sites is 1. The number of benzene rings is 1. The fourth-order valence-corrected chi connectivity index (χ4v) is 1.57. The fourth-order valence-electron chi connectivity index (χ4n) is 1.57. The minimum atomic E-state index is 0.434. The number of aromatic nitrogens is 2. The van der Waals surface area contributed by atoms with Crippen molar-refractivity contribution >= 4 is 11.5 Å². The van der Waals surface area contributed by atoms with E-state index >= 15 is 0 Å². The second-order valence-corrected chi connectivity index (χ2v) is 3.24. The predicted molar refractivity (Wildman–Crippen MR) is 59.4 cm³/mol. The van der Waals surface area contributed by atoms with E-state index in [4.69, 9.17) is 12.3 Å². The summed E-state index contributed by atoms with van der Waals surface area (Å²) in [4.78, 5) is 3.46. The summed E-state index contributed by atoms with van der Waals surface area (Å²) in [5.41, 5.74) is 8.87. The van der Waals surface area contributed by atoms with Crippen LogP contribution in [0.2, 0.25) is 0 Å². The number of nitrogens with zero attached hydrogens (tertiary/aromatic N) is 2. The minimum Gasteiger partial charge on any atom is -0.382 e. The molecule has 4 nitrogen and oxygen atoms in total. The van der Waals surface area contributed by atoms with Crippen LogP contribution in [0.5, 0.6) is 0 Å². The maximum atomic E-state index is 7.08. The van der Waals surface area contributed by atoms with Gasteiger partial charge in [0.15, 0.2) is 11.5 Å². The van der Waals surface area contributed by atoms with Gasteiger partial charge in [0.2, 0.25) is 0 Å². The van der Waals surface area contributed by atoms with Gasteiger partial charge in [-0.15, -0.1) is 0 Å². The van der Waals surface area contributed by atoms with Gasteiger partial charge in [0.1, 0.15) is 0 Å². The molecule has 0 fully saturated rings. The van der Waals surface area contributed by atoms with Gasteiger partial charge in [-0.25, -0.2) is 4.85 Å². The summed E-state index contributed by atoms with van der Waals surface area (Å²) in [6, 6.07) is 7.37. The van der Waals surface area contributed by atoms with Crippen LogP contribution in [-0.4, -0.2) is 10.2 Å². The van der Waals surface area contributed by atoms with Crippen molar-refractivity contribution in [3.05, 3.63) is 41.4 Å². The van der Waals surface area contributed by atoms with Crippen LogP contribution in [0.1, 0.15) is 5.69 Å². The van der Waals surface area contributed by atoms with E-state index in [2.05, 4.69) is 15.0 Å². The van der Waals surface area contributed by atoms with Gasteiger partial charge < -0.3 is 5.73 Å². The summed E-state index contributed by atoms with van der Waals surface area (Å²) in [6.45, 7) is 8.97. The fraction of sp³-hybridized carbons (Fsp3) is 0.0909. The van der Waals surface area contributed by atoms with E-state index in [0.29, 0.717) is 11.5 Å². The molecule has 2 aromatic rings. The molecular weight excluding hydrogens is 188 g/mol. The highest BCUT2D eigenvalue weighted by atomic mass is 15.2. The van der Waals surface area contributed by atoms with Crippen molar-refractivity contribution in [1.82, 2.24) is 10.2 Å². The van der Waals surface area contributed by atoms with Gasteiger partial charge in [-0.05, 0) is 12.5 Å². The second-order valence-electron chi connectivity index (χ2n) is 3.24. The van der Waals surface area contributed by atoms with Gasteiger partial charge in [-0.2, -0.15) is 5.10 Å². The van der Waals surface area contributed by atoms with Crippen LogP contribution in [-0.2, 0) is 0 Å². The van der Waals surface area contributed by atoms with Crippen molar-refractivity contribution in [3.8, 4) is 11.1 Å². The highest BCUT2D eigenvalue weighted by molar-refractivity contribution is 5.85. The lowest BCUT2D eigenvalue weighted by Gasteiger charge is -2.03. The minimum absolute atomic E-state index is 0.434. The molecule has 0 radical (unpaired) electrons. The molecule has 0 aliphatic carbocycles. The average Bonchev–Trinajstić information content (AvgIpc) is 2.59. The molecule has 74 valence electrons. The molecule has 1 aromatic carbocycles. The Kier molecular flexibility index (Phi) is 2.14. The SMILES string of the molecule is [C-]#[N+]c1ccccc1-c1c(N)n[nH]c1C. The summed E-state index contributed by atoms with van der Waals surface area (Å²) >= 11 is 0. The molecule has 2 rings (SSSR count). The molecule has 0 aliphatic heterocycles. The van der Waals surface area contributed by atoms with Crippen molar-refractivity contribution in [2.24, 2.45) is 0 Å². The van der Waals surface area contributed by atoms with Gasteiger partial charge in [0.05, 0.1) is 6.57 Å². The molecule has 0 aliphatic rings. The molecule has 0 saturated carbocycles. The third-order valence-electron chi connectivity index (χ3n) is 2.27. The molecule has 0 atom stereocenters. The summed E-state index contributed by atoms with van der Waals surface area (Å²) in [7, 11) is 0. The van der Waals surface area contributed by atoms with Gasteiger partial charge in [0, 0.05) is 11.3 Å². The third kappa shape index (κ3) is 1.44. The lowest BCUT2D eigenvalue weighted by molar-refractivity contribution is 1.05. The lowest BCUT2D eigenvalue weighted by atomic mass is 10.0. The van der Waals surface area contributed by atoms with Crippen molar-refractivity contribution < 1.29 is 0 Å². The Hall–Kier alpha value is -2.28. The number of hydrogen-bond acceptors (Lipinski definition) is 2. The number of nitrogen functional groups attached to an aromatic ring is 1. The molecule has 15 heavy (non-hydrogen) atoms. The molecule has 1 heterocycles. The van der Waals surface area contributed by atoms with Crippen LogP contribution in [0, 0.1) is 13.5 Å². The van der Waals surface area contributed by atoms with Crippen LogP contribution in [0.15, 0.2) is 24.3 Å². The molecule has 0 amide bonds. The number of anilines is 1. The van der Waals surface area contributed by atoms with Crippen LogP contribution in [0.25, 0.3) is 16.0 Å². The molecular formula is C11H10N4. The Balaban J connectivity index is 2.70. The maximum absolute atomic E-state index is 7.08. The smallest absolute Gasteiger partial charge is 0.195 e. The van der Waals surface area contributed by atoms with Crippen LogP contribution in [0.3, 0.4) is 0 Å². The summed E-state index contributed by atoms with van der Waals surface area (Å²) in [5.74, 6) is 0.434. The van der Waals surface area contributed by atoms with Crippen molar-refractivity contribution in [3.63, 3.8) is 0 Å². The first-order valence-corrected chi connectivity index (χ1v) is 4.51. The number of nitrogens with one attached hydrogen (secondary N) is 1. The van der Waals surface area contributed by atoms with E-state index in [9.17, 15) is 0 Å². The summed E-state index contributed by atoms with van der Waals surface area (Å²) in [6.07, 6.45) is 0. The van der Waals surface area contributed by atoms with E-state index in [1.165, 1.54) is 0 Å². The van der Waals surface area contributed by atoms with Crippen molar-refractivity contribution in [2.75, 3.05) is 5.73 Å². The largest absolute Gasteiger partial charge is 0.382 e. The molecule has 4 heteroatoms. The highest BCUT2D eigenvalue weighted by Gasteiger charge is 2.12. The topological polar surface area (TPSA) is 59.1 Å². The standard InChI is InChI=1S/C11H10N4/c1-7-10(11(12)15-14-7)8-5-3-4-6-9(8)13-2/h3-6H,1H3,(H3,12,14,15). The number of hydrogen-bond donors (Lipinski definition) is 2. The van der Waals surface area contributed by atoms with Crippen molar-refractivity contribution in [1.29, 1.82) is 0 Å². The Morgan fingerprint density at radius 1 is 1.40 bits per heavy atom. The van der Waals surface area contributed by atoms with E-state index in [-0.39, 0.29) is 0 Å². The predicted octanol–water partition coefficient (Wildman–Crippen LogP) is 2.52. The average molecular weight is 198 g/mol. The monoisotopic (exact) mass is 198 g/mol. The Bertz CT molecular complexity index is 514. The van der Waals surface area contributed by atoms with E-state index < -0.39 is 0 Å². The van der Waals surface area contributed by atoms with Gasteiger partial charge in [-0.1, -0.05) is 24.3 Å². The Morgan fingerprint density at radius 3 is 2.73 bits per heavy atom. The number of aryl methyl sites for hydroxylation is 1. The molecule has 0 unspecified atom stereocenters. The van der Waals surface area contributed by atoms with Gasteiger partial charge in [-0.3, -0.25) is 5.10 Å². The molecule has 0 bridgehead atoms. The van der Waals surface area contributed by atoms with E-state index in [0.717, 1.165) is 16.8 Å². The lowest BCUT2D eigenvalue weighted by Crippen LogP contribution is -1.88. The summed E-state index contributed by atoms with van der Waals surface area (Å²) < 4.78 is 0. The van der Waals surface area contributed by atoms with Gasteiger partial charge >= 0.3 is 0 Å². The first-order valence-electron chi connectivity index (χ1n) is 4.51. The van der Waals surface area contributed by atoms with Crippen LogP contribution < -0.4 is 5.73 Å². The van der Waals surface area contributed by atoms with E-state index in [1.54, 1.807) is 6.07 Å². The maximum Gasteiger partial charge on any atom is 0.195 e. The molecule has 3 N–H and O–H groups in total. The first-order chi connectivity index (χ1) is 7.24. The highest BCUT2D eigenvalue weighted by Crippen LogP contribution is 2.34. The number of rotatable bonds is 1. The molecule has 0 spiro atoms. The molecule has 1 aromatic heterocycles. The first kappa shape index (κ1) is 9.28. The number of aromatic amines is 1. The van der Waals surface area contributed by atoms with E-state index in [1.807, 2.05) is 25.1 Å². The number of H-pyrrole nitrogens is 1. The quantitative estimate of drug-likeness (QED) is 0.691. The normalized spacial score (nSPS) is 9.87. The third-order valence-corrected chi connectivity index (χ3v) is 2.27.